The van der Waals surface area contributed by atoms with E-state index in [9.17, 15) is 24.0 Å². The molecular weight excluding hydrogens is 510 g/mol. The molecule has 38 heavy (non-hydrogen) atoms. The predicted octanol–water partition coefficient (Wildman–Crippen LogP) is 0.217. The molecule has 0 radical (unpaired) electrons. The molecule has 11 nitrogen and oxygen atoms in total. The standard InChI is InChI=1S/C26H33N5O6S/c1-2-11-27-26(21(32)13-28-22(33)14-29-23(34)15-30-24(35)16-38)37-19-8-5-17(6-9-19)25(36)20-10-7-18-4-3-12-31(18)20/h5-10,26-27,38H,2-4,11-16H2,1H3,(H,28,33)(H,29,34)(H,30,35). The number of fused-ring (bicyclic) bond motifs is 1. The summed E-state index contributed by atoms with van der Waals surface area (Å²) in [5.74, 6) is -1.66. The van der Waals surface area contributed by atoms with E-state index in [1.54, 1.807) is 24.3 Å². The lowest BCUT2D eigenvalue weighted by Crippen LogP contribution is -2.48. The second kappa shape index (κ2) is 14.3. The first-order valence-corrected chi connectivity index (χ1v) is 13.1. The Kier molecular flexibility index (Phi) is 10.9. The Hall–Kier alpha value is -3.64. The van der Waals surface area contributed by atoms with E-state index in [0.29, 0.717) is 23.6 Å². The molecule has 1 unspecified atom stereocenters. The van der Waals surface area contributed by atoms with Crippen LogP contribution in [0.1, 0.15) is 41.5 Å². The summed E-state index contributed by atoms with van der Waals surface area (Å²) in [7, 11) is 0. The molecule has 0 spiro atoms. The van der Waals surface area contributed by atoms with E-state index in [-0.39, 0.29) is 31.2 Å². The van der Waals surface area contributed by atoms with Crippen molar-refractivity contribution in [3.8, 4) is 5.75 Å². The molecule has 1 atom stereocenters. The lowest BCUT2D eigenvalue weighted by molar-refractivity contribution is -0.130. The Bertz CT molecular complexity index is 1160. The summed E-state index contributed by atoms with van der Waals surface area (Å²) < 4.78 is 7.88. The highest BCUT2D eigenvalue weighted by Gasteiger charge is 2.22. The predicted molar refractivity (Wildman–Crippen MR) is 143 cm³/mol. The first-order valence-electron chi connectivity index (χ1n) is 12.5. The van der Waals surface area contributed by atoms with Crippen LogP contribution in [0.4, 0.5) is 0 Å². The van der Waals surface area contributed by atoms with Crippen LogP contribution in [0.2, 0.25) is 0 Å². The number of carbonyl (C=O) groups excluding carboxylic acids is 5. The number of ether oxygens (including phenoxy) is 1. The van der Waals surface area contributed by atoms with E-state index >= 15 is 0 Å². The highest BCUT2D eigenvalue weighted by Crippen LogP contribution is 2.22. The van der Waals surface area contributed by atoms with Crippen LogP contribution in [0.15, 0.2) is 36.4 Å². The third-order valence-electron chi connectivity index (χ3n) is 5.86. The van der Waals surface area contributed by atoms with Gasteiger partial charge in [0, 0.05) is 17.8 Å². The summed E-state index contributed by atoms with van der Waals surface area (Å²) >= 11 is 3.78. The molecular formula is C26H33N5O6S. The van der Waals surface area contributed by atoms with Crippen LogP contribution in [0.5, 0.6) is 5.75 Å². The van der Waals surface area contributed by atoms with Crippen molar-refractivity contribution >= 4 is 41.9 Å². The van der Waals surface area contributed by atoms with E-state index in [1.807, 2.05) is 19.1 Å². The van der Waals surface area contributed by atoms with Gasteiger partial charge in [0.2, 0.25) is 35.5 Å². The minimum Gasteiger partial charge on any atom is -0.468 e. The number of carbonyl (C=O) groups is 5. The minimum atomic E-state index is -1.02. The normalized spacial score (nSPS) is 12.8. The van der Waals surface area contributed by atoms with E-state index in [4.69, 9.17) is 4.74 Å². The third kappa shape index (κ3) is 8.18. The molecule has 0 saturated heterocycles. The Balaban J connectivity index is 1.50. The fourth-order valence-electron chi connectivity index (χ4n) is 3.89. The number of hydrogen-bond donors (Lipinski definition) is 5. The average Bonchev–Trinajstić information content (AvgIpc) is 3.55. The van der Waals surface area contributed by atoms with Gasteiger partial charge in [0.1, 0.15) is 5.75 Å². The molecule has 1 aliphatic heterocycles. The molecule has 0 saturated carbocycles. The number of benzene rings is 1. The number of nitrogens with one attached hydrogen (secondary N) is 4. The highest BCUT2D eigenvalue weighted by atomic mass is 32.1. The topological polar surface area (TPSA) is 148 Å². The first kappa shape index (κ1) is 28.9. The van der Waals surface area contributed by atoms with Gasteiger partial charge in [-0.2, -0.15) is 12.6 Å². The van der Waals surface area contributed by atoms with Crippen molar-refractivity contribution in [3.63, 3.8) is 0 Å². The second-order valence-corrected chi connectivity index (χ2v) is 9.04. The lowest BCUT2D eigenvalue weighted by atomic mass is 10.1. The van der Waals surface area contributed by atoms with Crippen LogP contribution >= 0.6 is 12.6 Å². The number of hydrogen-bond acceptors (Lipinski definition) is 8. The summed E-state index contributed by atoms with van der Waals surface area (Å²) in [6.07, 6.45) is 1.75. The summed E-state index contributed by atoms with van der Waals surface area (Å²) in [5, 5.41) is 10.1. The molecule has 3 rings (SSSR count). The van der Waals surface area contributed by atoms with Crippen LogP contribution in [0, 0.1) is 0 Å². The van der Waals surface area contributed by atoms with Crippen LogP contribution in [-0.4, -0.2) is 72.0 Å². The van der Waals surface area contributed by atoms with Gasteiger partial charge in [-0.05, 0) is 62.2 Å². The molecule has 2 heterocycles. The van der Waals surface area contributed by atoms with Crippen LogP contribution < -0.4 is 26.0 Å². The number of nitrogens with zero attached hydrogens (tertiary/aromatic N) is 1. The molecule has 3 amide bonds. The molecule has 204 valence electrons. The molecule has 0 fully saturated rings. The summed E-state index contributed by atoms with van der Waals surface area (Å²) in [4.78, 5) is 60.5. The summed E-state index contributed by atoms with van der Waals surface area (Å²) in [6, 6.07) is 10.4. The van der Waals surface area contributed by atoms with Crippen LogP contribution in [0.3, 0.4) is 0 Å². The third-order valence-corrected chi connectivity index (χ3v) is 6.14. The van der Waals surface area contributed by atoms with Crippen LogP contribution in [0.25, 0.3) is 0 Å². The average molecular weight is 544 g/mol. The van der Waals surface area contributed by atoms with Gasteiger partial charge in [0.15, 0.2) is 0 Å². The van der Waals surface area contributed by atoms with Gasteiger partial charge in [0.25, 0.3) is 0 Å². The Morgan fingerprint density at radius 1 is 0.921 bits per heavy atom. The monoisotopic (exact) mass is 543 g/mol. The molecule has 1 aromatic heterocycles. The molecule has 1 aromatic carbocycles. The number of thiol groups is 1. The molecule has 12 heteroatoms. The zero-order valence-corrected chi connectivity index (χ0v) is 22.1. The maximum absolute atomic E-state index is 13.0. The summed E-state index contributed by atoms with van der Waals surface area (Å²) in [6.45, 7) is 2.35. The summed E-state index contributed by atoms with van der Waals surface area (Å²) in [5.41, 5.74) is 2.36. The van der Waals surface area contributed by atoms with Gasteiger partial charge in [0.05, 0.1) is 31.1 Å². The quantitative estimate of drug-likeness (QED) is 0.123. The zero-order valence-electron chi connectivity index (χ0n) is 21.2. The zero-order chi connectivity index (χ0) is 27.5. The first-order chi connectivity index (χ1) is 18.3. The molecule has 0 bridgehead atoms. The fourth-order valence-corrected chi connectivity index (χ4v) is 4.00. The van der Waals surface area contributed by atoms with Gasteiger partial charge in [-0.3, -0.25) is 29.3 Å². The minimum absolute atomic E-state index is 0.0526. The van der Waals surface area contributed by atoms with Gasteiger partial charge in [-0.15, -0.1) is 0 Å². The highest BCUT2D eigenvalue weighted by molar-refractivity contribution is 7.81. The molecule has 0 aliphatic carbocycles. The molecule has 2 aromatic rings. The van der Waals surface area contributed by atoms with E-state index in [0.717, 1.165) is 25.8 Å². The smallest absolute Gasteiger partial charge is 0.239 e. The van der Waals surface area contributed by atoms with E-state index in [1.165, 1.54) is 5.69 Å². The Labute approximate surface area is 226 Å². The van der Waals surface area contributed by atoms with Crippen molar-refractivity contribution in [1.29, 1.82) is 0 Å². The number of aromatic nitrogens is 1. The van der Waals surface area contributed by atoms with Crippen molar-refractivity contribution in [2.24, 2.45) is 0 Å². The number of Topliss-reactive ketones (excluding diaryl/α,β-unsaturated/α-hetero) is 1. The Morgan fingerprint density at radius 3 is 2.24 bits per heavy atom. The van der Waals surface area contributed by atoms with E-state index in [2.05, 4.69) is 38.5 Å². The maximum atomic E-state index is 13.0. The van der Waals surface area contributed by atoms with Crippen molar-refractivity contribution in [3.05, 3.63) is 53.3 Å². The molecule has 1 aliphatic rings. The number of ketones is 2. The number of aryl methyl sites for hydroxylation is 1. The van der Waals surface area contributed by atoms with Crippen molar-refractivity contribution in [2.75, 3.05) is 31.9 Å². The van der Waals surface area contributed by atoms with Gasteiger partial charge >= 0.3 is 0 Å². The largest absolute Gasteiger partial charge is 0.468 e. The maximum Gasteiger partial charge on any atom is 0.239 e. The Morgan fingerprint density at radius 2 is 1.58 bits per heavy atom. The van der Waals surface area contributed by atoms with Gasteiger partial charge in [-0.25, -0.2) is 0 Å². The molecule has 4 N–H and O–H groups in total. The number of rotatable bonds is 15. The fraction of sp³-hybridized carbons (Fsp3) is 0.423. The van der Waals surface area contributed by atoms with Crippen molar-refractivity contribution < 1.29 is 28.7 Å². The number of amides is 3. The SMILES string of the molecule is CCCNC(Oc1ccc(C(=O)c2ccc3n2CCC3)cc1)C(=O)CNC(=O)CNC(=O)CNC(=O)CS. The van der Waals surface area contributed by atoms with E-state index < -0.39 is 29.7 Å². The second-order valence-electron chi connectivity index (χ2n) is 8.73. The van der Waals surface area contributed by atoms with Crippen molar-refractivity contribution in [2.45, 2.75) is 39.0 Å². The van der Waals surface area contributed by atoms with Gasteiger partial charge < -0.3 is 25.3 Å². The van der Waals surface area contributed by atoms with Crippen LogP contribution in [-0.2, 0) is 32.1 Å². The van der Waals surface area contributed by atoms with Gasteiger partial charge in [-0.1, -0.05) is 6.92 Å². The lowest BCUT2D eigenvalue weighted by Gasteiger charge is -2.19. The van der Waals surface area contributed by atoms with Crippen molar-refractivity contribution in [1.82, 2.24) is 25.8 Å².